The van der Waals surface area contributed by atoms with E-state index >= 15 is 0 Å². The number of aliphatic hydroxyl groups is 1. The Morgan fingerprint density at radius 2 is 2.08 bits per heavy atom. The summed E-state index contributed by atoms with van der Waals surface area (Å²) < 4.78 is 4.95. The molecule has 0 bridgehead atoms. The highest BCUT2D eigenvalue weighted by Gasteiger charge is 1.94. The molecule has 0 aromatic heterocycles. The van der Waals surface area contributed by atoms with E-state index in [2.05, 4.69) is 17.5 Å². The van der Waals surface area contributed by atoms with Gasteiger partial charge in [0, 0.05) is 12.8 Å². The number of nitrogens with one attached hydrogen (secondary N) is 1. The van der Waals surface area contributed by atoms with Crippen molar-refractivity contribution in [3.05, 3.63) is 29.8 Å². The number of aliphatic hydroxyl groups excluding tert-OH is 1. The molecule has 0 atom stereocenters. The number of hydrogen-bond acceptors (Lipinski definition) is 2. The van der Waals surface area contributed by atoms with Gasteiger partial charge in [0.1, 0.15) is 0 Å². The molecule has 1 rings (SSSR count). The monoisotopic (exact) mass is 197 g/mol. The average molecular weight is 197 g/mol. The first-order valence-electron chi connectivity index (χ1n) is 3.80. The second-order valence-corrected chi connectivity index (χ2v) is 2.95. The molecule has 0 radical (unpaired) electrons. The first kappa shape index (κ1) is 9.95. The van der Waals surface area contributed by atoms with Crippen molar-refractivity contribution < 1.29 is 9.84 Å². The van der Waals surface area contributed by atoms with Gasteiger partial charge in [-0.25, -0.2) is 0 Å². The van der Waals surface area contributed by atoms with Crippen molar-refractivity contribution in [2.24, 2.45) is 0 Å². The third-order valence-corrected chi connectivity index (χ3v) is 1.62. The van der Waals surface area contributed by atoms with Crippen molar-refractivity contribution in [1.29, 1.82) is 0 Å². The normalized spacial score (nSPS) is 9.62. The second kappa shape index (κ2) is 4.79. The molecule has 0 amide bonds. The Bertz CT molecular complexity index is 284. The van der Waals surface area contributed by atoms with E-state index in [4.69, 9.17) is 9.84 Å². The zero-order valence-electron chi connectivity index (χ0n) is 7.28. The molecule has 3 nitrogen and oxygen atoms in total. The van der Waals surface area contributed by atoms with Crippen molar-refractivity contribution in [3.8, 4) is 0 Å². The first-order valence-corrected chi connectivity index (χ1v) is 4.21. The average Bonchev–Trinajstić information content (AvgIpc) is 2.08. The minimum atomic E-state index is -0.223. The van der Waals surface area contributed by atoms with E-state index in [0.29, 0.717) is 6.61 Å². The molecule has 0 saturated heterocycles. The molecule has 4 heteroatoms. The van der Waals surface area contributed by atoms with E-state index in [1.165, 1.54) is 0 Å². The topological polar surface area (TPSA) is 41.5 Å². The van der Waals surface area contributed by atoms with Gasteiger partial charge in [-0.05, 0) is 29.9 Å². The van der Waals surface area contributed by atoms with Crippen LogP contribution in [0.3, 0.4) is 0 Å². The molecule has 0 aliphatic rings. The lowest BCUT2D eigenvalue weighted by Gasteiger charge is -2.03. The van der Waals surface area contributed by atoms with Crippen molar-refractivity contribution in [3.63, 3.8) is 0 Å². The molecule has 0 spiro atoms. The maximum atomic E-state index is 8.77. The fourth-order valence-corrected chi connectivity index (χ4v) is 1.09. The van der Waals surface area contributed by atoms with Crippen LogP contribution in [0.5, 0.6) is 0 Å². The Kier molecular flexibility index (Phi) is 3.67. The highest BCUT2D eigenvalue weighted by atomic mass is 32.1. The highest BCUT2D eigenvalue weighted by molar-refractivity contribution is 7.80. The Hall–Kier alpha value is -1.13. The van der Waals surface area contributed by atoms with Crippen LogP contribution in [0.25, 0.3) is 0 Å². The number of anilines is 1. The third kappa shape index (κ3) is 3.40. The minimum absolute atomic E-state index is 0.223. The summed E-state index contributed by atoms with van der Waals surface area (Å²) >= 11 is 4.48. The van der Waals surface area contributed by atoms with Gasteiger partial charge in [-0.15, -0.1) is 0 Å². The first-order chi connectivity index (χ1) is 6.22. The molecule has 0 unspecified atom stereocenters. The molecular weight excluding hydrogens is 186 g/mol. The Morgan fingerprint density at radius 1 is 1.46 bits per heavy atom. The zero-order valence-corrected chi connectivity index (χ0v) is 8.10. The lowest BCUT2D eigenvalue weighted by molar-refractivity contribution is 0.185. The fraction of sp³-hybridized carbons (Fsp3) is 0.222. The maximum Gasteiger partial charge on any atom is 0.258 e. The van der Waals surface area contributed by atoms with Crippen molar-refractivity contribution >= 4 is 23.1 Å². The van der Waals surface area contributed by atoms with E-state index in [-0.39, 0.29) is 5.17 Å². The molecule has 70 valence electrons. The molecule has 1 aromatic rings. The van der Waals surface area contributed by atoms with Crippen LogP contribution in [-0.2, 0) is 11.3 Å². The van der Waals surface area contributed by atoms with Crippen LogP contribution in [0.4, 0.5) is 5.69 Å². The number of thiocarbonyl (C=S) groups is 1. The van der Waals surface area contributed by atoms with Crippen LogP contribution in [0, 0.1) is 0 Å². The van der Waals surface area contributed by atoms with Gasteiger partial charge in [0.05, 0.1) is 6.61 Å². The number of rotatable bonds is 3. The summed E-state index contributed by atoms with van der Waals surface area (Å²) in [5.41, 5.74) is 1.85. The van der Waals surface area contributed by atoms with Gasteiger partial charge < -0.3 is 15.2 Å². The zero-order chi connectivity index (χ0) is 9.68. The van der Waals surface area contributed by atoms with Gasteiger partial charge in [-0.3, -0.25) is 0 Å². The van der Waals surface area contributed by atoms with Crippen LogP contribution in [0.15, 0.2) is 24.3 Å². The SMILES string of the molecule is COCc1ccc(NC(O)=S)cc1. The van der Waals surface area contributed by atoms with E-state index in [9.17, 15) is 0 Å². The predicted octanol–water partition coefficient (Wildman–Crippen LogP) is 2.09. The number of hydrogen-bond donors (Lipinski definition) is 2. The van der Waals surface area contributed by atoms with Crippen LogP contribution in [0.2, 0.25) is 0 Å². The van der Waals surface area contributed by atoms with Gasteiger partial charge >= 0.3 is 0 Å². The standard InChI is InChI=1S/C9H11NO2S/c1-12-6-7-2-4-8(5-3-7)10-9(11)13/h2-5H,6H2,1H3,(H2,10,11,13). The maximum absolute atomic E-state index is 8.77. The molecule has 0 fully saturated rings. The summed E-state index contributed by atoms with van der Waals surface area (Å²) in [6, 6.07) is 7.47. The van der Waals surface area contributed by atoms with Crippen LogP contribution < -0.4 is 5.32 Å². The van der Waals surface area contributed by atoms with Gasteiger partial charge in [0.25, 0.3) is 5.17 Å². The quantitative estimate of drug-likeness (QED) is 0.728. The lowest BCUT2D eigenvalue weighted by Crippen LogP contribution is -2.06. The number of ether oxygens (including phenoxy) is 1. The minimum Gasteiger partial charge on any atom is -0.486 e. The molecule has 2 N–H and O–H groups in total. The van der Waals surface area contributed by atoms with Crippen LogP contribution in [-0.4, -0.2) is 17.4 Å². The Morgan fingerprint density at radius 3 is 2.54 bits per heavy atom. The van der Waals surface area contributed by atoms with Crippen molar-refractivity contribution in [2.75, 3.05) is 12.4 Å². The highest BCUT2D eigenvalue weighted by Crippen LogP contribution is 2.09. The number of benzene rings is 1. The van der Waals surface area contributed by atoms with E-state index < -0.39 is 0 Å². The smallest absolute Gasteiger partial charge is 0.258 e. The third-order valence-electron chi connectivity index (χ3n) is 1.52. The number of methoxy groups -OCH3 is 1. The van der Waals surface area contributed by atoms with Gasteiger partial charge in [0.15, 0.2) is 0 Å². The van der Waals surface area contributed by atoms with E-state index in [0.717, 1.165) is 11.3 Å². The second-order valence-electron chi connectivity index (χ2n) is 2.56. The van der Waals surface area contributed by atoms with E-state index in [1.54, 1.807) is 7.11 Å². The largest absolute Gasteiger partial charge is 0.486 e. The predicted molar refractivity (Wildman–Crippen MR) is 56.0 cm³/mol. The summed E-state index contributed by atoms with van der Waals surface area (Å²) in [6.07, 6.45) is 0. The van der Waals surface area contributed by atoms with E-state index in [1.807, 2.05) is 24.3 Å². The lowest BCUT2D eigenvalue weighted by atomic mass is 10.2. The Labute approximate surface area is 82.3 Å². The molecule has 13 heavy (non-hydrogen) atoms. The molecule has 0 aliphatic heterocycles. The molecule has 1 aromatic carbocycles. The summed E-state index contributed by atoms with van der Waals surface area (Å²) in [7, 11) is 1.65. The van der Waals surface area contributed by atoms with Crippen LogP contribution in [0.1, 0.15) is 5.56 Å². The Balaban J connectivity index is 2.64. The van der Waals surface area contributed by atoms with Gasteiger partial charge in [-0.1, -0.05) is 12.1 Å². The fourth-order valence-electron chi connectivity index (χ4n) is 0.974. The van der Waals surface area contributed by atoms with Crippen LogP contribution >= 0.6 is 12.2 Å². The molecule has 0 heterocycles. The summed E-state index contributed by atoms with van der Waals surface area (Å²) in [5, 5.41) is 11.2. The summed E-state index contributed by atoms with van der Waals surface area (Å²) in [4.78, 5) is 0. The van der Waals surface area contributed by atoms with Crippen molar-refractivity contribution in [2.45, 2.75) is 6.61 Å². The molecule has 0 aliphatic carbocycles. The van der Waals surface area contributed by atoms with Gasteiger partial charge in [-0.2, -0.15) is 0 Å². The summed E-state index contributed by atoms with van der Waals surface area (Å²) in [5.74, 6) is 0. The van der Waals surface area contributed by atoms with Gasteiger partial charge in [0.2, 0.25) is 0 Å². The molecule has 0 saturated carbocycles. The molecular formula is C9H11NO2S. The summed E-state index contributed by atoms with van der Waals surface area (Å²) in [6.45, 7) is 0.587. The van der Waals surface area contributed by atoms with Crippen molar-refractivity contribution in [1.82, 2.24) is 0 Å².